The summed E-state index contributed by atoms with van der Waals surface area (Å²) < 4.78 is 1.81. The molecule has 224 valence electrons. The number of anilines is 1. The average Bonchev–Trinajstić information content (AvgIpc) is 3.75. The number of carboxylic acids is 1. The van der Waals surface area contributed by atoms with Crippen LogP contribution in [0.2, 0.25) is 0 Å². The summed E-state index contributed by atoms with van der Waals surface area (Å²) in [7, 11) is 1.83. The summed E-state index contributed by atoms with van der Waals surface area (Å²) >= 11 is 2.47. The van der Waals surface area contributed by atoms with Gasteiger partial charge in [0.1, 0.15) is 36.0 Å². The fourth-order valence-electron chi connectivity index (χ4n) is 5.77. The number of rotatable bonds is 8. The van der Waals surface area contributed by atoms with E-state index in [1.807, 2.05) is 36.1 Å². The fraction of sp³-hybridized carbons (Fsp3) is 0.393. The number of β-lactam (4-membered cyclic amide) rings is 1. The van der Waals surface area contributed by atoms with E-state index in [2.05, 4.69) is 20.8 Å². The summed E-state index contributed by atoms with van der Waals surface area (Å²) in [5.74, 6) is -2.59. The van der Waals surface area contributed by atoms with Crippen molar-refractivity contribution in [2.24, 2.45) is 12.2 Å². The van der Waals surface area contributed by atoms with Gasteiger partial charge in [0, 0.05) is 46.0 Å². The number of carbonyl (C=O) groups is 4. The van der Waals surface area contributed by atoms with Crippen LogP contribution in [0.15, 0.2) is 51.9 Å². The van der Waals surface area contributed by atoms with E-state index < -0.39 is 29.2 Å². The minimum absolute atomic E-state index is 0.0992. The summed E-state index contributed by atoms with van der Waals surface area (Å²) in [6, 6.07) is 2.63. The maximum Gasteiger partial charge on any atom is 0.352 e. The first-order valence-electron chi connectivity index (χ1n) is 13.9. The second-order valence-electron chi connectivity index (χ2n) is 10.6. The number of nitrogens with zero attached hydrogens (tertiary/aromatic N) is 4. The third-order valence-electron chi connectivity index (χ3n) is 7.80. The van der Waals surface area contributed by atoms with Crippen LogP contribution >= 0.6 is 23.1 Å². The Hall–Kier alpha value is -4.24. The Morgan fingerprint density at radius 2 is 2.09 bits per heavy atom. The van der Waals surface area contributed by atoms with Crippen LogP contribution in [-0.2, 0) is 31.1 Å². The van der Waals surface area contributed by atoms with E-state index in [4.69, 9.17) is 10.6 Å². The fourth-order valence-corrected chi connectivity index (χ4v) is 7.67. The van der Waals surface area contributed by atoms with Gasteiger partial charge in [-0.1, -0.05) is 5.16 Å². The topological polar surface area (TPSA) is 180 Å². The smallest absolute Gasteiger partial charge is 0.352 e. The molecule has 1 aliphatic carbocycles. The number of hydrogen-bond donors (Lipinski definition) is 4. The number of aryl methyl sites for hydroxylation is 1. The number of carbonyl (C=O) groups excluding carboxylic acids is 3. The molecule has 3 amide bonds. The zero-order valence-electron chi connectivity index (χ0n) is 23.2. The molecule has 0 unspecified atom stereocenters. The molecule has 15 heteroatoms. The Labute approximate surface area is 254 Å². The Morgan fingerprint density at radius 1 is 1.30 bits per heavy atom. The first-order valence-corrected chi connectivity index (χ1v) is 15.8. The van der Waals surface area contributed by atoms with Gasteiger partial charge in [0.15, 0.2) is 23.2 Å². The molecule has 6 rings (SSSR count). The summed E-state index contributed by atoms with van der Waals surface area (Å²) in [4.78, 5) is 63.5. The number of oxime groups is 1. The van der Waals surface area contributed by atoms with Crippen molar-refractivity contribution in [1.82, 2.24) is 20.5 Å². The van der Waals surface area contributed by atoms with Crippen molar-refractivity contribution in [2.45, 2.75) is 49.6 Å². The molecule has 0 bridgehead atoms. The quantitative estimate of drug-likeness (QED) is 0.109. The monoisotopic (exact) mass is 624 g/mol. The van der Waals surface area contributed by atoms with Gasteiger partial charge < -0.3 is 26.3 Å². The van der Waals surface area contributed by atoms with Gasteiger partial charge in [-0.05, 0) is 38.2 Å². The molecule has 4 aliphatic rings. The van der Waals surface area contributed by atoms with Crippen LogP contribution in [-0.4, -0.2) is 74.2 Å². The molecule has 43 heavy (non-hydrogen) atoms. The summed E-state index contributed by atoms with van der Waals surface area (Å²) in [5, 5.41) is 21.2. The number of nitrogen functional groups attached to an aromatic ring is 1. The number of fused-ring (bicyclic) bond motifs is 1. The van der Waals surface area contributed by atoms with E-state index in [1.165, 1.54) is 16.7 Å². The molecule has 0 aromatic carbocycles. The number of thiazole rings is 1. The van der Waals surface area contributed by atoms with Crippen LogP contribution in [0.5, 0.6) is 0 Å². The van der Waals surface area contributed by atoms with E-state index in [0.717, 1.165) is 37.0 Å². The van der Waals surface area contributed by atoms with E-state index in [-0.39, 0.29) is 40.0 Å². The van der Waals surface area contributed by atoms with E-state index in [0.29, 0.717) is 35.2 Å². The molecule has 2 aromatic rings. The standard InChI is InChI=1S/C28H29N7O6S2/c1-34-10-4-5-14(11-34)19(16-8-9-30-23(16)36)17-12-42-26-21(25(38)35(26)22(17)27(39)40)32-24(37)20(18-13-43-28(29)31-18)33-41-15-6-2-3-7-15/h4-5,10-11,13,15,21,26H,2-3,6-9,12H2,1H3,(H4-,29,30,31,32,36,37,39,40)/p+1/t21-,26-/m1/s1. The van der Waals surface area contributed by atoms with Crippen LogP contribution in [0, 0.1) is 0 Å². The average molecular weight is 625 g/mol. The Morgan fingerprint density at radius 3 is 2.74 bits per heavy atom. The zero-order chi connectivity index (χ0) is 30.2. The van der Waals surface area contributed by atoms with Crippen molar-refractivity contribution in [2.75, 3.05) is 18.0 Å². The van der Waals surface area contributed by atoms with Crippen LogP contribution in [0.3, 0.4) is 0 Å². The first kappa shape index (κ1) is 28.9. The van der Waals surface area contributed by atoms with Crippen molar-refractivity contribution in [3.05, 3.63) is 58.0 Å². The SMILES string of the molecule is C[n+]1cccc(C(=C2CCNC2=O)C2=C(C(=O)O)N3C(=O)[C@@H](NC(=O)C(=NOC4CCCC4)c4csc(N)n4)[C@H]3SC2)c1. The molecule has 5 N–H and O–H groups in total. The van der Waals surface area contributed by atoms with Gasteiger partial charge in [0.05, 0.1) is 0 Å². The van der Waals surface area contributed by atoms with Crippen molar-refractivity contribution in [1.29, 1.82) is 0 Å². The second kappa shape index (κ2) is 11.8. The molecule has 0 radical (unpaired) electrons. The number of aromatic nitrogens is 2. The third-order valence-corrected chi connectivity index (χ3v) is 9.75. The van der Waals surface area contributed by atoms with E-state index in [9.17, 15) is 24.3 Å². The molecule has 2 aromatic heterocycles. The van der Waals surface area contributed by atoms with Gasteiger partial charge in [0.2, 0.25) is 5.91 Å². The van der Waals surface area contributed by atoms with Crippen molar-refractivity contribution in [3.8, 4) is 0 Å². The highest BCUT2D eigenvalue weighted by Crippen LogP contribution is 2.45. The predicted octanol–water partition coefficient (Wildman–Crippen LogP) is 0.925. The molecule has 2 atom stereocenters. The molecule has 3 fully saturated rings. The highest BCUT2D eigenvalue weighted by Gasteiger charge is 2.55. The minimum atomic E-state index is -1.29. The lowest BCUT2D eigenvalue weighted by molar-refractivity contribution is -0.671. The molecular formula is C28H30N7O6S2+. The molecule has 13 nitrogen and oxygen atoms in total. The molecule has 5 heterocycles. The number of nitrogens with one attached hydrogen (secondary N) is 2. The van der Waals surface area contributed by atoms with Crippen LogP contribution in [0.25, 0.3) is 5.57 Å². The maximum absolute atomic E-state index is 13.5. The van der Waals surface area contributed by atoms with Crippen LogP contribution in [0.4, 0.5) is 5.13 Å². The first-order chi connectivity index (χ1) is 20.7. The Bertz CT molecular complexity index is 1610. The lowest BCUT2D eigenvalue weighted by atomic mass is 9.90. The molecule has 1 saturated carbocycles. The number of thioether (sulfide) groups is 1. The van der Waals surface area contributed by atoms with Crippen molar-refractivity contribution in [3.63, 3.8) is 0 Å². The maximum atomic E-state index is 13.5. The Balaban J connectivity index is 1.30. The van der Waals surface area contributed by atoms with E-state index >= 15 is 0 Å². The highest BCUT2D eigenvalue weighted by molar-refractivity contribution is 8.00. The summed E-state index contributed by atoms with van der Waals surface area (Å²) in [6.07, 6.45) is 7.68. The summed E-state index contributed by atoms with van der Waals surface area (Å²) in [5.41, 5.74) is 7.77. The number of hydrogen-bond acceptors (Lipinski definition) is 10. The number of aliphatic carboxylic acids is 1. The molecule has 3 aliphatic heterocycles. The molecule has 2 saturated heterocycles. The van der Waals surface area contributed by atoms with Crippen molar-refractivity contribution >= 4 is 63.2 Å². The van der Waals surface area contributed by atoms with Gasteiger partial charge in [-0.3, -0.25) is 19.3 Å². The van der Waals surface area contributed by atoms with Gasteiger partial charge in [-0.25, -0.2) is 14.3 Å². The molecular weight excluding hydrogens is 594 g/mol. The van der Waals surface area contributed by atoms with Gasteiger partial charge in [0.25, 0.3) is 11.8 Å². The van der Waals surface area contributed by atoms with Crippen LogP contribution in [0.1, 0.15) is 43.4 Å². The third kappa shape index (κ3) is 5.49. The van der Waals surface area contributed by atoms with Gasteiger partial charge >= 0.3 is 5.97 Å². The summed E-state index contributed by atoms with van der Waals surface area (Å²) in [6.45, 7) is 0.442. The number of allylic oxidation sites excluding steroid dienone is 1. The normalized spacial score (nSPS) is 23.6. The largest absolute Gasteiger partial charge is 0.477 e. The lowest BCUT2D eigenvalue weighted by Gasteiger charge is -2.49. The molecule has 0 spiro atoms. The lowest BCUT2D eigenvalue weighted by Crippen LogP contribution is -2.71. The van der Waals surface area contributed by atoms with Crippen molar-refractivity contribution < 1.29 is 33.7 Å². The number of amides is 3. The van der Waals surface area contributed by atoms with E-state index in [1.54, 1.807) is 5.38 Å². The second-order valence-corrected chi connectivity index (χ2v) is 12.6. The highest BCUT2D eigenvalue weighted by atomic mass is 32.2. The Kier molecular flexibility index (Phi) is 7.92. The zero-order valence-corrected chi connectivity index (χ0v) is 24.9. The number of pyridine rings is 1. The van der Waals surface area contributed by atoms with Gasteiger partial charge in [-0.2, -0.15) is 0 Å². The predicted molar refractivity (Wildman–Crippen MR) is 158 cm³/mol. The number of carboxylic acid groups (broad SMARTS) is 1. The minimum Gasteiger partial charge on any atom is -0.477 e. The van der Waals surface area contributed by atoms with Gasteiger partial charge in [-0.15, -0.1) is 23.1 Å². The number of nitrogens with two attached hydrogens (primary N) is 1. The van der Waals surface area contributed by atoms with Crippen LogP contribution < -0.4 is 20.9 Å².